The molecule has 0 spiro atoms. The standard InChI is InChI=1S/C16H26N4S/c1-6-11(3)20-9-8-14(19-20)10-15(17-7-2)16-12(4)18-13(5)21-16/h8-9,11,15,17H,6-7,10H2,1-5H3. The van der Waals surface area contributed by atoms with Gasteiger partial charge in [-0.05, 0) is 39.8 Å². The Kier molecular flexibility index (Phi) is 5.53. The highest BCUT2D eigenvalue weighted by atomic mass is 32.1. The van der Waals surface area contributed by atoms with E-state index < -0.39 is 0 Å². The summed E-state index contributed by atoms with van der Waals surface area (Å²) in [6, 6.07) is 2.91. The molecule has 0 aromatic carbocycles. The van der Waals surface area contributed by atoms with Gasteiger partial charge in [-0.25, -0.2) is 4.98 Å². The van der Waals surface area contributed by atoms with Gasteiger partial charge < -0.3 is 5.32 Å². The number of nitrogens with zero attached hydrogens (tertiary/aromatic N) is 3. The second-order valence-corrected chi connectivity index (χ2v) is 6.78. The Morgan fingerprint density at radius 1 is 1.33 bits per heavy atom. The lowest BCUT2D eigenvalue weighted by Crippen LogP contribution is -2.23. The van der Waals surface area contributed by atoms with Crippen LogP contribution in [-0.2, 0) is 6.42 Å². The highest BCUT2D eigenvalue weighted by Gasteiger charge is 2.18. The van der Waals surface area contributed by atoms with Crippen LogP contribution in [0.15, 0.2) is 12.3 Å². The van der Waals surface area contributed by atoms with Crippen molar-refractivity contribution in [2.75, 3.05) is 6.54 Å². The third kappa shape index (κ3) is 3.92. The molecular weight excluding hydrogens is 280 g/mol. The molecule has 116 valence electrons. The van der Waals surface area contributed by atoms with Crippen molar-refractivity contribution in [3.05, 3.63) is 33.5 Å². The summed E-state index contributed by atoms with van der Waals surface area (Å²) in [5, 5.41) is 9.44. The van der Waals surface area contributed by atoms with Crippen molar-refractivity contribution in [2.24, 2.45) is 0 Å². The maximum Gasteiger partial charge on any atom is 0.0900 e. The minimum atomic E-state index is 0.307. The van der Waals surface area contributed by atoms with Crippen molar-refractivity contribution in [3.8, 4) is 0 Å². The number of aryl methyl sites for hydroxylation is 2. The van der Waals surface area contributed by atoms with E-state index in [0.29, 0.717) is 12.1 Å². The highest BCUT2D eigenvalue weighted by molar-refractivity contribution is 7.11. The average Bonchev–Trinajstić information content (AvgIpc) is 3.04. The summed E-state index contributed by atoms with van der Waals surface area (Å²) in [5.74, 6) is 0. The molecule has 2 atom stereocenters. The molecule has 0 saturated carbocycles. The van der Waals surface area contributed by atoms with Crippen LogP contribution in [-0.4, -0.2) is 21.3 Å². The Morgan fingerprint density at radius 3 is 2.67 bits per heavy atom. The van der Waals surface area contributed by atoms with Crippen molar-refractivity contribution in [3.63, 3.8) is 0 Å². The molecule has 0 fully saturated rings. The van der Waals surface area contributed by atoms with E-state index in [2.05, 4.69) is 61.9 Å². The molecule has 2 rings (SSSR count). The van der Waals surface area contributed by atoms with Crippen molar-refractivity contribution in [1.82, 2.24) is 20.1 Å². The zero-order chi connectivity index (χ0) is 15.4. The van der Waals surface area contributed by atoms with Gasteiger partial charge in [0.1, 0.15) is 0 Å². The van der Waals surface area contributed by atoms with Gasteiger partial charge in [-0.1, -0.05) is 13.8 Å². The van der Waals surface area contributed by atoms with Crippen LogP contribution in [0.2, 0.25) is 0 Å². The first-order valence-electron chi connectivity index (χ1n) is 7.76. The number of aromatic nitrogens is 3. The van der Waals surface area contributed by atoms with Crippen molar-refractivity contribution in [2.45, 2.75) is 59.5 Å². The van der Waals surface area contributed by atoms with Crippen LogP contribution in [0.4, 0.5) is 0 Å². The fraction of sp³-hybridized carbons (Fsp3) is 0.625. The molecule has 4 nitrogen and oxygen atoms in total. The molecule has 0 radical (unpaired) electrons. The van der Waals surface area contributed by atoms with Gasteiger partial charge >= 0.3 is 0 Å². The average molecular weight is 306 g/mol. The summed E-state index contributed by atoms with van der Waals surface area (Å²) < 4.78 is 2.07. The fourth-order valence-electron chi connectivity index (χ4n) is 2.50. The SMILES string of the molecule is CCNC(Cc1ccn(C(C)CC)n1)c1sc(C)nc1C. The van der Waals surface area contributed by atoms with Crippen LogP contribution in [0, 0.1) is 13.8 Å². The molecule has 2 aromatic heterocycles. The van der Waals surface area contributed by atoms with Gasteiger partial charge in [0.2, 0.25) is 0 Å². The molecule has 2 heterocycles. The number of hydrogen-bond donors (Lipinski definition) is 1. The lowest BCUT2D eigenvalue weighted by Gasteiger charge is -2.16. The van der Waals surface area contributed by atoms with Gasteiger partial charge in [-0.3, -0.25) is 4.68 Å². The summed E-state index contributed by atoms with van der Waals surface area (Å²) in [6.07, 6.45) is 4.11. The van der Waals surface area contributed by atoms with E-state index in [-0.39, 0.29) is 0 Å². The molecule has 5 heteroatoms. The summed E-state index contributed by atoms with van der Waals surface area (Å²) in [6.45, 7) is 11.7. The minimum Gasteiger partial charge on any atom is -0.309 e. The molecule has 0 aliphatic carbocycles. The number of nitrogens with one attached hydrogen (secondary N) is 1. The lowest BCUT2D eigenvalue weighted by molar-refractivity contribution is 0.467. The molecular formula is C16H26N4S. The Hall–Kier alpha value is -1.20. The van der Waals surface area contributed by atoms with Crippen LogP contribution < -0.4 is 5.32 Å². The summed E-state index contributed by atoms with van der Waals surface area (Å²) in [4.78, 5) is 5.90. The van der Waals surface area contributed by atoms with Gasteiger partial charge in [0, 0.05) is 29.6 Å². The predicted octanol–water partition coefficient (Wildman–Crippen LogP) is 3.82. The van der Waals surface area contributed by atoms with Gasteiger partial charge in [-0.15, -0.1) is 11.3 Å². The molecule has 0 bridgehead atoms. The largest absolute Gasteiger partial charge is 0.309 e. The molecule has 0 aliphatic rings. The van der Waals surface area contributed by atoms with Crippen LogP contribution in [0.1, 0.15) is 60.5 Å². The van der Waals surface area contributed by atoms with Crippen LogP contribution in [0.3, 0.4) is 0 Å². The van der Waals surface area contributed by atoms with Crippen molar-refractivity contribution >= 4 is 11.3 Å². The van der Waals surface area contributed by atoms with E-state index in [9.17, 15) is 0 Å². The van der Waals surface area contributed by atoms with Crippen molar-refractivity contribution < 1.29 is 0 Å². The first kappa shape index (κ1) is 16.2. The fourth-order valence-corrected chi connectivity index (χ4v) is 3.51. The van der Waals surface area contributed by atoms with Crippen LogP contribution >= 0.6 is 11.3 Å². The monoisotopic (exact) mass is 306 g/mol. The quantitative estimate of drug-likeness (QED) is 0.845. The van der Waals surface area contributed by atoms with Crippen LogP contribution in [0.5, 0.6) is 0 Å². The zero-order valence-corrected chi connectivity index (χ0v) is 14.5. The normalized spacial score (nSPS) is 14.3. The van der Waals surface area contributed by atoms with E-state index >= 15 is 0 Å². The molecule has 0 saturated heterocycles. The second kappa shape index (κ2) is 7.18. The summed E-state index contributed by atoms with van der Waals surface area (Å²) >= 11 is 1.79. The maximum atomic E-state index is 4.73. The second-order valence-electron chi connectivity index (χ2n) is 5.54. The topological polar surface area (TPSA) is 42.7 Å². The minimum absolute atomic E-state index is 0.307. The van der Waals surface area contributed by atoms with E-state index in [1.807, 2.05) is 0 Å². The maximum absolute atomic E-state index is 4.73. The van der Waals surface area contributed by atoms with Gasteiger partial charge in [0.25, 0.3) is 0 Å². The van der Waals surface area contributed by atoms with Crippen LogP contribution in [0.25, 0.3) is 0 Å². The Balaban J connectivity index is 2.16. The molecule has 2 unspecified atom stereocenters. The Bertz CT molecular complexity index is 573. The molecule has 21 heavy (non-hydrogen) atoms. The molecule has 0 amide bonds. The number of likely N-dealkylation sites (N-methyl/N-ethyl adjacent to an activating group) is 1. The smallest absolute Gasteiger partial charge is 0.0900 e. The van der Waals surface area contributed by atoms with E-state index in [1.165, 1.54) is 4.88 Å². The van der Waals surface area contributed by atoms with E-state index in [4.69, 9.17) is 5.10 Å². The Morgan fingerprint density at radius 2 is 2.10 bits per heavy atom. The first-order chi connectivity index (χ1) is 10.0. The van der Waals surface area contributed by atoms with E-state index in [0.717, 1.165) is 35.8 Å². The third-order valence-electron chi connectivity index (χ3n) is 3.83. The number of rotatable bonds is 7. The summed E-state index contributed by atoms with van der Waals surface area (Å²) in [5.41, 5.74) is 2.29. The van der Waals surface area contributed by atoms with Gasteiger partial charge in [-0.2, -0.15) is 5.10 Å². The zero-order valence-electron chi connectivity index (χ0n) is 13.7. The van der Waals surface area contributed by atoms with Gasteiger partial charge in [0.05, 0.1) is 16.4 Å². The predicted molar refractivity (Wildman–Crippen MR) is 88.9 cm³/mol. The number of hydrogen-bond acceptors (Lipinski definition) is 4. The van der Waals surface area contributed by atoms with Crippen molar-refractivity contribution in [1.29, 1.82) is 0 Å². The molecule has 1 N–H and O–H groups in total. The van der Waals surface area contributed by atoms with Gasteiger partial charge in [0.15, 0.2) is 0 Å². The van der Waals surface area contributed by atoms with E-state index in [1.54, 1.807) is 11.3 Å². The molecule has 0 aliphatic heterocycles. The first-order valence-corrected chi connectivity index (χ1v) is 8.58. The molecule has 2 aromatic rings. The lowest BCUT2D eigenvalue weighted by atomic mass is 10.1. The third-order valence-corrected chi connectivity index (χ3v) is 5.01. The Labute approximate surface area is 131 Å². The summed E-state index contributed by atoms with van der Waals surface area (Å²) in [7, 11) is 0. The number of thiazole rings is 1. The highest BCUT2D eigenvalue weighted by Crippen LogP contribution is 2.27.